The van der Waals surface area contributed by atoms with Crippen molar-refractivity contribution in [3.05, 3.63) is 34.3 Å². The van der Waals surface area contributed by atoms with Crippen LogP contribution < -0.4 is 0 Å². The number of carboxylic acids is 2. The standard InChI is InChI=1S/C15H17ClO4/c16-12-4-1-3-11-10(12)6-8-15(11,9-14(19)20)7-2-5-13(17)18/h1,3-4H,2,5-9H2,(H,17,18)(H,19,20). The van der Waals surface area contributed by atoms with Crippen molar-refractivity contribution in [1.29, 1.82) is 0 Å². The Morgan fingerprint density at radius 3 is 2.65 bits per heavy atom. The van der Waals surface area contributed by atoms with Crippen LogP contribution in [-0.2, 0) is 21.4 Å². The first-order valence-corrected chi connectivity index (χ1v) is 7.04. The minimum Gasteiger partial charge on any atom is -0.481 e. The van der Waals surface area contributed by atoms with E-state index >= 15 is 0 Å². The summed E-state index contributed by atoms with van der Waals surface area (Å²) < 4.78 is 0. The molecule has 1 atom stereocenters. The molecule has 0 saturated heterocycles. The number of aliphatic carboxylic acids is 2. The van der Waals surface area contributed by atoms with Gasteiger partial charge in [-0.05, 0) is 42.9 Å². The average Bonchev–Trinajstić information content (AvgIpc) is 2.69. The van der Waals surface area contributed by atoms with Crippen molar-refractivity contribution in [2.45, 2.75) is 43.9 Å². The Morgan fingerprint density at radius 1 is 1.25 bits per heavy atom. The van der Waals surface area contributed by atoms with Gasteiger partial charge in [-0.25, -0.2) is 0 Å². The lowest BCUT2D eigenvalue weighted by Crippen LogP contribution is -2.27. The highest BCUT2D eigenvalue weighted by molar-refractivity contribution is 6.31. The maximum atomic E-state index is 11.2. The van der Waals surface area contributed by atoms with Gasteiger partial charge < -0.3 is 10.2 Å². The van der Waals surface area contributed by atoms with Crippen LogP contribution in [0.3, 0.4) is 0 Å². The maximum absolute atomic E-state index is 11.2. The van der Waals surface area contributed by atoms with Gasteiger partial charge in [-0.1, -0.05) is 23.7 Å². The summed E-state index contributed by atoms with van der Waals surface area (Å²) in [5.41, 5.74) is 1.53. The minimum atomic E-state index is -0.854. The second kappa shape index (κ2) is 5.83. The first-order chi connectivity index (χ1) is 9.44. The lowest BCUT2D eigenvalue weighted by molar-refractivity contribution is -0.138. The summed E-state index contributed by atoms with van der Waals surface area (Å²) in [6.45, 7) is 0. The fourth-order valence-corrected chi connectivity index (χ4v) is 3.48. The first-order valence-electron chi connectivity index (χ1n) is 6.66. The molecule has 1 unspecified atom stereocenters. The summed E-state index contributed by atoms with van der Waals surface area (Å²) in [5, 5.41) is 18.6. The molecule has 108 valence electrons. The molecule has 2 N–H and O–H groups in total. The highest BCUT2D eigenvalue weighted by Gasteiger charge is 2.40. The van der Waals surface area contributed by atoms with Crippen LogP contribution in [-0.4, -0.2) is 22.2 Å². The van der Waals surface area contributed by atoms with Gasteiger partial charge in [0.2, 0.25) is 0 Å². The van der Waals surface area contributed by atoms with Crippen LogP contribution in [0.15, 0.2) is 18.2 Å². The van der Waals surface area contributed by atoms with Crippen molar-refractivity contribution in [2.75, 3.05) is 0 Å². The van der Waals surface area contributed by atoms with Crippen LogP contribution in [0.4, 0.5) is 0 Å². The zero-order valence-electron chi connectivity index (χ0n) is 11.1. The van der Waals surface area contributed by atoms with Gasteiger partial charge in [0.15, 0.2) is 0 Å². The van der Waals surface area contributed by atoms with Crippen molar-refractivity contribution < 1.29 is 19.8 Å². The summed E-state index contributed by atoms with van der Waals surface area (Å²) in [6, 6.07) is 5.58. The Labute approximate surface area is 122 Å². The number of carboxylic acid groups (broad SMARTS) is 2. The molecule has 0 heterocycles. The van der Waals surface area contributed by atoms with E-state index in [2.05, 4.69) is 0 Å². The third kappa shape index (κ3) is 2.96. The number of fused-ring (bicyclic) bond motifs is 1. The fraction of sp³-hybridized carbons (Fsp3) is 0.467. The molecule has 0 radical (unpaired) electrons. The molecule has 0 fully saturated rings. The van der Waals surface area contributed by atoms with Crippen molar-refractivity contribution in [1.82, 2.24) is 0 Å². The van der Waals surface area contributed by atoms with E-state index in [4.69, 9.17) is 16.7 Å². The van der Waals surface area contributed by atoms with Gasteiger partial charge in [0.25, 0.3) is 0 Å². The third-order valence-corrected chi connectivity index (χ3v) is 4.43. The van der Waals surface area contributed by atoms with E-state index in [0.717, 1.165) is 24.0 Å². The van der Waals surface area contributed by atoms with Gasteiger partial charge >= 0.3 is 11.9 Å². The minimum absolute atomic E-state index is 0.0277. The summed E-state index contributed by atoms with van der Waals surface area (Å²) in [6.07, 6.45) is 2.62. The number of halogens is 1. The van der Waals surface area contributed by atoms with Crippen LogP contribution in [0.2, 0.25) is 5.02 Å². The van der Waals surface area contributed by atoms with Gasteiger partial charge in [0.1, 0.15) is 0 Å². The lowest BCUT2D eigenvalue weighted by atomic mass is 9.75. The summed E-state index contributed by atoms with van der Waals surface area (Å²) in [5.74, 6) is -1.70. The van der Waals surface area contributed by atoms with E-state index in [-0.39, 0.29) is 12.8 Å². The normalized spacial score (nSPS) is 20.6. The van der Waals surface area contributed by atoms with Crippen molar-refractivity contribution in [2.24, 2.45) is 0 Å². The molecule has 1 aliphatic rings. The molecule has 4 nitrogen and oxygen atoms in total. The Balaban J connectivity index is 2.28. The Kier molecular flexibility index (Phi) is 4.33. The largest absolute Gasteiger partial charge is 0.481 e. The molecule has 1 aromatic rings. The van der Waals surface area contributed by atoms with Gasteiger partial charge in [-0.15, -0.1) is 0 Å². The fourth-order valence-electron chi connectivity index (χ4n) is 3.21. The zero-order chi connectivity index (χ0) is 14.8. The van der Waals surface area contributed by atoms with E-state index < -0.39 is 17.4 Å². The van der Waals surface area contributed by atoms with E-state index in [1.165, 1.54) is 0 Å². The van der Waals surface area contributed by atoms with Gasteiger partial charge in [0.05, 0.1) is 6.42 Å². The Hall–Kier alpha value is -1.55. The predicted octanol–water partition coefficient (Wildman–Crippen LogP) is 3.25. The van der Waals surface area contributed by atoms with Gasteiger partial charge in [-0.3, -0.25) is 9.59 Å². The molecule has 0 bridgehead atoms. The molecule has 0 amide bonds. The monoisotopic (exact) mass is 296 g/mol. The molecule has 1 aliphatic carbocycles. The molecular weight excluding hydrogens is 280 g/mol. The lowest BCUT2D eigenvalue weighted by Gasteiger charge is -2.29. The average molecular weight is 297 g/mol. The van der Waals surface area contributed by atoms with E-state index in [1.54, 1.807) is 0 Å². The topological polar surface area (TPSA) is 74.6 Å². The van der Waals surface area contributed by atoms with Crippen LogP contribution in [0.1, 0.15) is 43.2 Å². The van der Waals surface area contributed by atoms with E-state index in [0.29, 0.717) is 17.9 Å². The SMILES string of the molecule is O=C(O)CCCC1(CC(=O)O)CCc2c(Cl)cccc21. The van der Waals surface area contributed by atoms with Crippen LogP contribution in [0.5, 0.6) is 0 Å². The molecule has 0 spiro atoms. The quantitative estimate of drug-likeness (QED) is 0.845. The highest BCUT2D eigenvalue weighted by Crippen LogP contribution is 2.47. The van der Waals surface area contributed by atoms with Crippen molar-refractivity contribution in [3.8, 4) is 0 Å². The van der Waals surface area contributed by atoms with Crippen LogP contribution in [0.25, 0.3) is 0 Å². The molecule has 1 aromatic carbocycles. The first kappa shape index (κ1) is 14.9. The molecule has 20 heavy (non-hydrogen) atoms. The molecule has 0 saturated carbocycles. The van der Waals surface area contributed by atoms with Gasteiger partial charge in [-0.2, -0.15) is 0 Å². The van der Waals surface area contributed by atoms with Crippen LogP contribution >= 0.6 is 11.6 Å². The van der Waals surface area contributed by atoms with Crippen molar-refractivity contribution in [3.63, 3.8) is 0 Å². The Bertz CT molecular complexity index is 541. The molecule has 2 rings (SSSR count). The van der Waals surface area contributed by atoms with Gasteiger partial charge in [0, 0.05) is 16.9 Å². The number of rotatable bonds is 6. The summed E-state index contributed by atoms with van der Waals surface area (Å²) in [4.78, 5) is 21.9. The van der Waals surface area contributed by atoms with E-state index in [9.17, 15) is 14.7 Å². The molecular formula is C15H17ClO4. The molecule has 0 aromatic heterocycles. The molecule has 5 heteroatoms. The number of hydrogen-bond donors (Lipinski definition) is 2. The highest BCUT2D eigenvalue weighted by atomic mass is 35.5. The van der Waals surface area contributed by atoms with Crippen molar-refractivity contribution >= 4 is 23.5 Å². The van der Waals surface area contributed by atoms with Crippen LogP contribution in [0, 0.1) is 0 Å². The Morgan fingerprint density at radius 2 is 2.00 bits per heavy atom. The number of hydrogen-bond acceptors (Lipinski definition) is 2. The smallest absolute Gasteiger partial charge is 0.304 e. The summed E-state index contributed by atoms with van der Waals surface area (Å²) in [7, 11) is 0. The third-order valence-electron chi connectivity index (χ3n) is 4.08. The number of carbonyl (C=O) groups is 2. The maximum Gasteiger partial charge on any atom is 0.304 e. The summed E-state index contributed by atoms with van der Waals surface area (Å²) >= 11 is 6.18. The zero-order valence-corrected chi connectivity index (χ0v) is 11.8. The number of benzene rings is 1. The second-order valence-electron chi connectivity index (χ2n) is 5.36. The molecule has 0 aliphatic heterocycles. The van der Waals surface area contributed by atoms with E-state index in [1.807, 2.05) is 18.2 Å². The second-order valence-corrected chi connectivity index (χ2v) is 5.77. The predicted molar refractivity (Wildman–Crippen MR) is 75.2 cm³/mol.